The van der Waals surface area contributed by atoms with Crippen molar-refractivity contribution in [2.75, 3.05) is 11.9 Å². The van der Waals surface area contributed by atoms with Crippen molar-refractivity contribution in [1.82, 2.24) is 19.5 Å². The molecule has 0 aromatic carbocycles. The Morgan fingerprint density at radius 1 is 0.946 bits per heavy atom. The summed E-state index contributed by atoms with van der Waals surface area (Å²) in [6.07, 6.45) is 4.05. The number of rotatable bonds is 12. The zero-order valence-corrected chi connectivity index (χ0v) is 21.5. The summed E-state index contributed by atoms with van der Waals surface area (Å²) >= 11 is 0. The zero-order chi connectivity index (χ0) is 26.9. The average molecular weight is 520 g/mol. The minimum Gasteiger partial charge on any atom is -0.463 e. The molecule has 1 amide bonds. The van der Waals surface area contributed by atoms with E-state index in [1.165, 1.54) is 38.0 Å². The minimum atomic E-state index is -1.09. The summed E-state index contributed by atoms with van der Waals surface area (Å²) in [5, 5.41) is 2.78. The van der Waals surface area contributed by atoms with Gasteiger partial charge in [0.05, 0.1) is 6.33 Å². The van der Waals surface area contributed by atoms with Crippen LogP contribution in [0.1, 0.15) is 72.4 Å². The number of nitrogens with zero attached hydrogens (tertiary/aromatic N) is 4. The molecule has 13 nitrogen and oxygen atoms in total. The van der Waals surface area contributed by atoms with E-state index in [0.717, 1.165) is 32.1 Å². The van der Waals surface area contributed by atoms with Crippen LogP contribution in [0.4, 0.5) is 5.82 Å². The average Bonchev–Trinajstić information content (AvgIpc) is 3.39. The molecular formula is C24H33N5O8. The highest BCUT2D eigenvalue weighted by atomic mass is 16.7. The number of hydrogen-bond donors (Lipinski definition) is 1. The highest BCUT2D eigenvalue weighted by molar-refractivity contribution is 5.96. The van der Waals surface area contributed by atoms with Gasteiger partial charge in [-0.05, 0) is 6.42 Å². The van der Waals surface area contributed by atoms with Gasteiger partial charge in [-0.15, -0.1) is 0 Å². The van der Waals surface area contributed by atoms with E-state index in [-0.39, 0.29) is 18.3 Å². The largest absolute Gasteiger partial charge is 0.463 e. The number of carbonyl (C=O) groups excluding carboxylic acids is 4. The van der Waals surface area contributed by atoms with Crippen LogP contribution in [0.25, 0.3) is 11.2 Å². The molecule has 0 saturated carbocycles. The van der Waals surface area contributed by atoms with E-state index in [4.69, 9.17) is 18.9 Å². The molecule has 1 saturated heterocycles. The molecule has 0 unspecified atom stereocenters. The van der Waals surface area contributed by atoms with E-state index < -0.39 is 42.4 Å². The van der Waals surface area contributed by atoms with Crippen LogP contribution in [0.3, 0.4) is 0 Å². The number of fused-ring (bicyclic) bond motifs is 1. The number of esters is 3. The Bertz CT molecular complexity index is 1120. The van der Waals surface area contributed by atoms with Gasteiger partial charge in [-0.2, -0.15) is 0 Å². The van der Waals surface area contributed by atoms with Gasteiger partial charge < -0.3 is 24.3 Å². The van der Waals surface area contributed by atoms with Crippen LogP contribution in [0.5, 0.6) is 0 Å². The van der Waals surface area contributed by atoms with Crippen LogP contribution < -0.4 is 5.32 Å². The number of aromatic nitrogens is 4. The standard InChI is InChI=1S/C24H33N5O8/c1-5-6-7-8-9-10-18(33)28-22-19-23(26-12-25-22)29(13-27-19)24-21(36-16(4)32)20(35-15(3)31)17(37-24)11-34-14(2)30/h12-13,17,20-21,24H,5-11H2,1-4H3,(H,25,26,28,33)/t17-,20+,21-,24-/m0/s1. The van der Waals surface area contributed by atoms with Crippen molar-refractivity contribution in [1.29, 1.82) is 0 Å². The van der Waals surface area contributed by atoms with Crippen LogP contribution in [0, 0.1) is 0 Å². The van der Waals surface area contributed by atoms with Crippen LogP contribution in [0.15, 0.2) is 12.7 Å². The van der Waals surface area contributed by atoms with E-state index >= 15 is 0 Å². The topological polar surface area (TPSA) is 161 Å². The molecule has 1 aliphatic rings. The third-order valence-electron chi connectivity index (χ3n) is 5.74. The Hall–Kier alpha value is -3.61. The molecule has 0 bridgehead atoms. The normalized spacial score (nSPS) is 21.0. The van der Waals surface area contributed by atoms with Crippen LogP contribution in [0.2, 0.25) is 0 Å². The number of amides is 1. The monoisotopic (exact) mass is 519 g/mol. The second kappa shape index (κ2) is 13.1. The van der Waals surface area contributed by atoms with Gasteiger partial charge in [0.1, 0.15) is 19.0 Å². The SMILES string of the molecule is CCCCCCCC(=O)Nc1ncnc2c1ncn2[C@H]1O[C@@H](COC(C)=O)[C@@H](OC(C)=O)[C@@H]1OC(C)=O. The second-order valence-electron chi connectivity index (χ2n) is 8.77. The lowest BCUT2D eigenvalue weighted by atomic mass is 10.1. The number of nitrogens with one attached hydrogen (secondary N) is 1. The smallest absolute Gasteiger partial charge is 0.303 e. The lowest BCUT2D eigenvalue weighted by molar-refractivity contribution is -0.166. The van der Waals surface area contributed by atoms with E-state index in [1.54, 1.807) is 0 Å². The quantitative estimate of drug-likeness (QED) is 0.249. The Labute approximate surface area is 214 Å². The molecule has 1 aliphatic heterocycles. The molecule has 37 heavy (non-hydrogen) atoms. The van der Waals surface area contributed by atoms with Gasteiger partial charge in [0, 0.05) is 27.2 Å². The minimum absolute atomic E-state index is 0.183. The maximum atomic E-state index is 12.5. The molecule has 3 rings (SSSR count). The first kappa shape index (κ1) is 28.0. The van der Waals surface area contributed by atoms with E-state index in [1.807, 2.05) is 0 Å². The lowest BCUT2D eigenvalue weighted by Gasteiger charge is -2.23. The third kappa shape index (κ3) is 7.44. The number of hydrogen-bond acceptors (Lipinski definition) is 11. The van der Waals surface area contributed by atoms with Crippen molar-refractivity contribution in [3.05, 3.63) is 12.7 Å². The summed E-state index contributed by atoms with van der Waals surface area (Å²) in [6.45, 7) is 5.56. The summed E-state index contributed by atoms with van der Waals surface area (Å²) in [7, 11) is 0. The predicted octanol–water partition coefficient (Wildman–Crippen LogP) is 2.45. The molecule has 0 radical (unpaired) electrons. The highest BCUT2D eigenvalue weighted by Crippen LogP contribution is 2.36. The Morgan fingerprint density at radius 2 is 1.65 bits per heavy atom. The van der Waals surface area contributed by atoms with Crippen molar-refractivity contribution in [3.8, 4) is 0 Å². The molecule has 4 atom stereocenters. The number of unbranched alkanes of at least 4 members (excludes halogenated alkanes) is 4. The fraction of sp³-hybridized carbons (Fsp3) is 0.625. The van der Waals surface area contributed by atoms with Crippen molar-refractivity contribution in [2.24, 2.45) is 0 Å². The van der Waals surface area contributed by atoms with Gasteiger partial charge >= 0.3 is 17.9 Å². The second-order valence-corrected chi connectivity index (χ2v) is 8.77. The molecule has 2 aromatic heterocycles. The van der Waals surface area contributed by atoms with E-state index in [9.17, 15) is 19.2 Å². The van der Waals surface area contributed by atoms with Crippen molar-refractivity contribution in [2.45, 2.75) is 90.8 Å². The number of anilines is 1. The summed E-state index contributed by atoms with van der Waals surface area (Å²) in [4.78, 5) is 60.3. The van der Waals surface area contributed by atoms with Crippen LogP contribution in [-0.4, -0.2) is 68.3 Å². The zero-order valence-electron chi connectivity index (χ0n) is 21.5. The highest BCUT2D eigenvalue weighted by Gasteiger charge is 2.51. The van der Waals surface area contributed by atoms with Gasteiger partial charge in [0.15, 0.2) is 35.4 Å². The van der Waals surface area contributed by atoms with Crippen molar-refractivity contribution >= 4 is 40.8 Å². The number of carbonyl (C=O) groups is 4. The Balaban J connectivity index is 1.85. The molecular weight excluding hydrogens is 486 g/mol. The maximum absolute atomic E-state index is 12.5. The molecule has 1 fully saturated rings. The summed E-state index contributed by atoms with van der Waals surface area (Å²) in [6, 6.07) is 0. The molecule has 1 N–H and O–H groups in total. The van der Waals surface area contributed by atoms with Gasteiger partial charge in [-0.25, -0.2) is 15.0 Å². The van der Waals surface area contributed by atoms with E-state index in [2.05, 4.69) is 27.2 Å². The van der Waals surface area contributed by atoms with E-state index in [0.29, 0.717) is 17.6 Å². The first-order valence-electron chi connectivity index (χ1n) is 12.3. The Kier molecular flexibility index (Phi) is 9.89. The molecule has 13 heteroatoms. The first-order chi connectivity index (χ1) is 17.7. The molecule has 0 aliphatic carbocycles. The fourth-order valence-corrected chi connectivity index (χ4v) is 4.13. The fourth-order valence-electron chi connectivity index (χ4n) is 4.13. The summed E-state index contributed by atoms with van der Waals surface area (Å²) < 4.78 is 23.5. The number of imidazole rings is 1. The molecule has 0 spiro atoms. The number of ether oxygens (including phenoxy) is 4. The van der Waals surface area contributed by atoms with Gasteiger partial charge in [0.25, 0.3) is 0 Å². The van der Waals surface area contributed by atoms with Crippen LogP contribution in [-0.2, 0) is 38.1 Å². The van der Waals surface area contributed by atoms with Gasteiger partial charge in [-0.1, -0.05) is 32.6 Å². The van der Waals surface area contributed by atoms with Gasteiger partial charge in [-0.3, -0.25) is 23.7 Å². The lowest BCUT2D eigenvalue weighted by Crippen LogP contribution is -2.40. The third-order valence-corrected chi connectivity index (χ3v) is 5.74. The van der Waals surface area contributed by atoms with Crippen molar-refractivity contribution in [3.63, 3.8) is 0 Å². The summed E-state index contributed by atoms with van der Waals surface area (Å²) in [5.74, 6) is -1.76. The maximum Gasteiger partial charge on any atom is 0.303 e. The van der Waals surface area contributed by atoms with Crippen LogP contribution >= 0.6 is 0 Å². The van der Waals surface area contributed by atoms with Gasteiger partial charge in [0.2, 0.25) is 5.91 Å². The molecule has 2 aromatic rings. The molecule has 3 heterocycles. The molecule has 202 valence electrons. The summed E-state index contributed by atoms with van der Waals surface area (Å²) in [5.41, 5.74) is 0.601. The first-order valence-corrected chi connectivity index (χ1v) is 12.3. The van der Waals surface area contributed by atoms with Crippen molar-refractivity contribution < 1.29 is 38.1 Å². The predicted molar refractivity (Wildman–Crippen MR) is 129 cm³/mol. The Morgan fingerprint density at radius 3 is 2.32 bits per heavy atom.